The van der Waals surface area contributed by atoms with Crippen molar-refractivity contribution in [2.45, 2.75) is 4.90 Å². The Balaban J connectivity index is -0.000000403. The molecule has 0 fully saturated rings. The minimum Gasteiger partial charge on any atom is -1.00 e. The monoisotopic (exact) mass is 216 g/mol. The molecule has 0 saturated carbocycles. The summed E-state index contributed by atoms with van der Waals surface area (Å²) in [6.45, 7) is 0. The zero-order valence-electron chi connectivity index (χ0n) is 8.14. The van der Waals surface area contributed by atoms with Gasteiger partial charge in [0.25, 0.3) is 10.1 Å². The summed E-state index contributed by atoms with van der Waals surface area (Å²) < 4.78 is 29.3. The molecule has 0 aliphatic rings. The maximum absolute atomic E-state index is 10.4. The van der Waals surface area contributed by atoms with E-state index < -0.39 is 10.1 Å². The number of hydrogen-bond donors (Lipinski definition) is 2. The summed E-state index contributed by atoms with van der Waals surface area (Å²) in [6, 6.07) is 4.60. The molecular formula is C6H8CaO4S. The molecule has 1 rings (SSSR count). The van der Waals surface area contributed by atoms with E-state index in [-0.39, 0.29) is 51.2 Å². The molecule has 4 nitrogen and oxygen atoms in total. The van der Waals surface area contributed by atoms with Gasteiger partial charge in [0, 0.05) is 0 Å². The van der Waals surface area contributed by atoms with Crippen molar-refractivity contribution < 1.29 is 20.9 Å². The van der Waals surface area contributed by atoms with Crippen LogP contribution in [-0.2, 0) is 10.1 Å². The van der Waals surface area contributed by atoms with E-state index in [1.54, 1.807) is 0 Å². The second-order valence-corrected chi connectivity index (χ2v) is 3.39. The molecule has 1 aromatic carbocycles. The van der Waals surface area contributed by atoms with Crippen LogP contribution in [0.2, 0.25) is 0 Å². The average Bonchev–Trinajstić information content (AvgIpc) is 1.86. The standard InChI is InChI=1S/C6H6O4S.Ca.2H/c7-5-1-3-6(4-2-5)11(8,9)10;;;/h1-4,7H,(H,8,9,10);;;/q;+2;2*-1. The van der Waals surface area contributed by atoms with Gasteiger partial charge in [-0.1, -0.05) is 0 Å². The average molecular weight is 216 g/mol. The van der Waals surface area contributed by atoms with Crippen molar-refractivity contribution in [3.63, 3.8) is 0 Å². The summed E-state index contributed by atoms with van der Waals surface area (Å²) in [6.07, 6.45) is 0. The third-order valence-electron chi connectivity index (χ3n) is 1.13. The van der Waals surface area contributed by atoms with Crippen molar-refractivity contribution in [1.29, 1.82) is 0 Å². The molecule has 0 atom stereocenters. The summed E-state index contributed by atoms with van der Waals surface area (Å²) >= 11 is 0. The van der Waals surface area contributed by atoms with Crippen LogP contribution >= 0.6 is 0 Å². The van der Waals surface area contributed by atoms with E-state index in [4.69, 9.17) is 9.66 Å². The third kappa shape index (κ3) is 3.28. The van der Waals surface area contributed by atoms with Crippen molar-refractivity contribution in [3.8, 4) is 5.75 Å². The van der Waals surface area contributed by atoms with Gasteiger partial charge in [0.2, 0.25) is 0 Å². The van der Waals surface area contributed by atoms with Crippen LogP contribution in [0.15, 0.2) is 29.2 Å². The van der Waals surface area contributed by atoms with E-state index in [1.165, 1.54) is 12.1 Å². The van der Waals surface area contributed by atoms with Gasteiger partial charge in [-0.2, -0.15) is 8.42 Å². The first kappa shape index (κ1) is 12.2. The number of hydrogen-bond acceptors (Lipinski definition) is 3. The Hall–Kier alpha value is 0.190. The number of phenols is 1. The second-order valence-electron chi connectivity index (χ2n) is 1.97. The van der Waals surface area contributed by atoms with Crippen LogP contribution in [0, 0.1) is 0 Å². The van der Waals surface area contributed by atoms with Crippen LogP contribution in [0.3, 0.4) is 0 Å². The predicted octanol–water partition coefficient (Wildman–Crippen LogP) is 0.483. The molecule has 12 heavy (non-hydrogen) atoms. The molecule has 0 spiro atoms. The van der Waals surface area contributed by atoms with E-state index in [2.05, 4.69) is 0 Å². The van der Waals surface area contributed by atoms with Crippen molar-refractivity contribution in [2.24, 2.45) is 0 Å². The van der Waals surface area contributed by atoms with E-state index in [0.29, 0.717) is 0 Å². The van der Waals surface area contributed by atoms with Gasteiger partial charge in [0.1, 0.15) is 5.75 Å². The number of benzene rings is 1. The quantitative estimate of drug-likeness (QED) is 0.529. The van der Waals surface area contributed by atoms with Gasteiger partial charge in [-0.25, -0.2) is 0 Å². The van der Waals surface area contributed by atoms with E-state index in [0.717, 1.165) is 12.1 Å². The molecule has 2 N–H and O–H groups in total. The van der Waals surface area contributed by atoms with Gasteiger partial charge >= 0.3 is 37.7 Å². The number of aromatic hydroxyl groups is 1. The van der Waals surface area contributed by atoms with Crippen LogP contribution in [0.25, 0.3) is 0 Å². The van der Waals surface area contributed by atoms with E-state index in [1.807, 2.05) is 0 Å². The molecule has 0 bridgehead atoms. The predicted molar refractivity (Wildman–Crippen MR) is 45.9 cm³/mol. The molecule has 0 aliphatic carbocycles. The molecule has 1 aromatic rings. The Labute approximate surface area is 103 Å². The number of rotatable bonds is 1. The zero-order valence-corrected chi connectivity index (χ0v) is 9.16. The summed E-state index contributed by atoms with van der Waals surface area (Å²) in [4.78, 5) is -0.227. The Morgan fingerprint density at radius 1 is 1.17 bits per heavy atom. The first-order chi connectivity index (χ1) is 5.00. The zero-order chi connectivity index (χ0) is 8.48. The molecule has 0 aromatic heterocycles. The molecule has 0 unspecified atom stereocenters. The largest absolute Gasteiger partial charge is 2.00 e. The molecule has 0 aliphatic heterocycles. The normalized spacial score (nSPS) is 10.4. The molecule has 0 saturated heterocycles. The van der Waals surface area contributed by atoms with Crippen LogP contribution in [0.4, 0.5) is 0 Å². The van der Waals surface area contributed by atoms with E-state index >= 15 is 0 Å². The molecular weight excluding hydrogens is 208 g/mol. The van der Waals surface area contributed by atoms with Crippen LogP contribution in [0.5, 0.6) is 5.75 Å². The van der Waals surface area contributed by atoms with Crippen molar-refractivity contribution >= 4 is 47.9 Å². The minimum absolute atomic E-state index is 0. The Morgan fingerprint density at radius 2 is 1.58 bits per heavy atom. The third-order valence-corrected chi connectivity index (χ3v) is 2.00. The summed E-state index contributed by atoms with van der Waals surface area (Å²) in [5, 5.41) is 8.75. The van der Waals surface area contributed by atoms with Gasteiger partial charge in [0.05, 0.1) is 4.90 Å². The topological polar surface area (TPSA) is 74.6 Å². The SMILES string of the molecule is O=S(=O)(O)c1ccc(O)cc1.[Ca+2].[H-].[H-]. The minimum atomic E-state index is -4.13. The molecule has 64 valence electrons. The maximum Gasteiger partial charge on any atom is 2.00 e. The first-order valence-electron chi connectivity index (χ1n) is 2.77. The van der Waals surface area contributed by atoms with E-state index in [9.17, 15) is 8.42 Å². The first-order valence-corrected chi connectivity index (χ1v) is 4.21. The summed E-state index contributed by atoms with van der Waals surface area (Å²) in [7, 11) is -4.13. The van der Waals surface area contributed by atoms with Gasteiger partial charge in [-0.15, -0.1) is 0 Å². The summed E-state index contributed by atoms with van der Waals surface area (Å²) in [5.74, 6) is -0.0441. The second kappa shape index (κ2) is 4.43. The van der Waals surface area contributed by atoms with Crippen LogP contribution in [-0.4, -0.2) is 55.8 Å². The fourth-order valence-electron chi connectivity index (χ4n) is 0.618. The molecule has 0 amide bonds. The number of phenolic OH excluding ortho intramolecular Hbond substituents is 1. The van der Waals surface area contributed by atoms with Gasteiger partial charge in [-0.3, -0.25) is 4.55 Å². The summed E-state index contributed by atoms with van der Waals surface area (Å²) in [5.41, 5.74) is 0. The fraction of sp³-hybridized carbons (Fsp3) is 0. The van der Waals surface area contributed by atoms with Crippen molar-refractivity contribution in [3.05, 3.63) is 24.3 Å². The molecule has 0 radical (unpaired) electrons. The fourth-order valence-corrected chi connectivity index (χ4v) is 1.10. The van der Waals surface area contributed by atoms with Gasteiger partial charge in [0.15, 0.2) is 0 Å². The Morgan fingerprint density at radius 3 is 1.92 bits per heavy atom. The van der Waals surface area contributed by atoms with Gasteiger partial charge < -0.3 is 7.96 Å². The maximum atomic E-state index is 10.4. The Bertz CT molecular complexity index is 351. The molecule has 6 heteroatoms. The van der Waals surface area contributed by atoms with Crippen LogP contribution in [0.1, 0.15) is 2.85 Å². The smallest absolute Gasteiger partial charge is 1.00 e. The Kier molecular flexibility index (Phi) is 4.50. The van der Waals surface area contributed by atoms with Crippen molar-refractivity contribution in [1.82, 2.24) is 0 Å². The van der Waals surface area contributed by atoms with Gasteiger partial charge in [-0.05, 0) is 24.3 Å². The van der Waals surface area contributed by atoms with Crippen LogP contribution < -0.4 is 0 Å². The van der Waals surface area contributed by atoms with Crippen molar-refractivity contribution in [2.75, 3.05) is 0 Å². The molecule has 0 heterocycles.